The Bertz CT molecular complexity index is 612. The number of hydrogen-bond acceptors (Lipinski definition) is 4. The van der Waals surface area contributed by atoms with Gasteiger partial charge in [0.25, 0.3) is 0 Å². The molecule has 3 N–H and O–H groups in total. The SMILES string of the molecule is COc1ccc2c3c1OC1C[C@@H](O)C=CC31CC[C@H](N)C2. The fourth-order valence-electron chi connectivity index (χ4n) is 4.18. The van der Waals surface area contributed by atoms with Crippen LogP contribution in [0.25, 0.3) is 0 Å². The van der Waals surface area contributed by atoms with Crippen LogP contribution in [0.3, 0.4) is 0 Å². The highest BCUT2D eigenvalue weighted by atomic mass is 16.5. The Morgan fingerprint density at radius 3 is 3.10 bits per heavy atom. The van der Waals surface area contributed by atoms with Crippen molar-refractivity contribution in [1.29, 1.82) is 0 Å². The summed E-state index contributed by atoms with van der Waals surface area (Å²) >= 11 is 0. The Labute approximate surface area is 124 Å². The lowest BCUT2D eigenvalue weighted by Crippen LogP contribution is -2.42. The molecule has 0 bridgehead atoms. The molecule has 2 unspecified atom stereocenters. The molecule has 112 valence electrons. The molecule has 0 radical (unpaired) electrons. The molecule has 3 aliphatic rings. The first-order valence-corrected chi connectivity index (χ1v) is 7.64. The van der Waals surface area contributed by atoms with E-state index in [2.05, 4.69) is 12.1 Å². The molecular formula is C17H21NO3. The number of rotatable bonds is 1. The van der Waals surface area contributed by atoms with Crippen molar-refractivity contribution in [2.45, 2.75) is 49.3 Å². The van der Waals surface area contributed by atoms with Crippen LogP contribution >= 0.6 is 0 Å². The van der Waals surface area contributed by atoms with Crippen LogP contribution in [0.1, 0.15) is 30.4 Å². The van der Waals surface area contributed by atoms with Crippen molar-refractivity contribution in [2.24, 2.45) is 5.73 Å². The van der Waals surface area contributed by atoms with E-state index < -0.39 is 6.10 Å². The maximum absolute atomic E-state index is 9.96. The summed E-state index contributed by atoms with van der Waals surface area (Å²) in [6, 6.07) is 4.27. The fourth-order valence-corrected chi connectivity index (χ4v) is 4.18. The first kappa shape index (κ1) is 13.2. The van der Waals surface area contributed by atoms with E-state index in [0.29, 0.717) is 6.42 Å². The van der Waals surface area contributed by atoms with Crippen LogP contribution < -0.4 is 15.2 Å². The number of ether oxygens (including phenoxy) is 2. The molecule has 1 aromatic rings. The van der Waals surface area contributed by atoms with Gasteiger partial charge in [-0.1, -0.05) is 18.2 Å². The van der Waals surface area contributed by atoms with Crippen molar-refractivity contribution in [1.82, 2.24) is 0 Å². The van der Waals surface area contributed by atoms with E-state index in [1.54, 1.807) is 7.11 Å². The number of aliphatic hydroxyl groups is 1. The van der Waals surface area contributed by atoms with Crippen LogP contribution in [0.2, 0.25) is 0 Å². The lowest BCUT2D eigenvalue weighted by Gasteiger charge is -2.35. The topological polar surface area (TPSA) is 64.7 Å². The standard InChI is InChI=1S/C17H21NO3/c1-20-13-3-2-10-8-11(18)4-6-17-7-5-12(19)9-14(17)21-16(13)15(10)17/h2-3,5,7,11-12,14,19H,4,6,8-9,18H2,1H3/t11-,12-,14?,17?/m0/s1. The van der Waals surface area contributed by atoms with Gasteiger partial charge in [-0.15, -0.1) is 0 Å². The van der Waals surface area contributed by atoms with Crippen molar-refractivity contribution >= 4 is 0 Å². The molecule has 0 fully saturated rings. The highest BCUT2D eigenvalue weighted by Gasteiger charge is 2.52. The van der Waals surface area contributed by atoms with E-state index in [4.69, 9.17) is 15.2 Å². The third kappa shape index (κ3) is 1.75. The first-order valence-electron chi connectivity index (χ1n) is 7.64. The molecule has 0 amide bonds. The van der Waals surface area contributed by atoms with E-state index in [-0.39, 0.29) is 17.6 Å². The van der Waals surface area contributed by atoms with Crippen LogP contribution in [-0.4, -0.2) is 30.5 Å². The number of nitrogens with two attached hydrogens (primary N) is 1. The zero-order valence-corrected chi connectivity index (χ0v) is 12.2. The summed E-state index contributed by atoms with van der Waals surface area (Å²) in [6.07, 6.45) is 7.05. The van der Waals surface area contributed by atoms with Gasteiger partial charge in [-0.3, -0.25) is 0 Å². The predicted octanol–water partition coefficient (Wildman–Crippen LogP) is 1.68. The molecule has 0 saturated heterocycles. The van der Waals surface area contributed by atoms with Crippen molar-refractivity contribution < 1.29 is 14.6 Å². The van der Waals surface area contributed by atoms with Gasteiger partial charge in [-0.05, 0) is 30.9 Å². The Hall–Kier alpha value is -1.52. The number of benzene rings is 1. The maximum Gasteiger partial charge on any atom is 0.166 e. The van der Waals surface area contributed by atoms with E-state index >= 15 is 0 Å². The molecular weight excluding hydrogens is 266 g/mol. The molecule has 0 aromatic heterocycles. The Morgan fingerprint density at radius 1 is 1.43 bits per heavy atom. The molecule has 1 heterocycles. The van der Waals surface area contributed by atoms with Gasteiger partial charge in [0.05, 0.1) is 18.6 Å². The zero-order chi connectivity index (χ0) is 14.6. The monoisotopic (exact) mass is 287 g/mol. The second-order valence-electron chi connectivity index (χ2n) is 6.44. The van der Waals surface area contributed by atoms with E-state index in [9.17, 15) is 5.11 Å². The van der Waals surface area contributed by atoms with Crippen LogP contribution in [0.5, 0.6) is 11.5 Å². The highest BCUT2D eigenvalue weighted by Crippen LogP contribution is 2.56. The summed E-state index contributed by atoms with van der Waals surface area (Å²) in [7, 11) is 1.67. The minimum atomic E-state index is -0.429. The minimum Gasteiger partial charge on any atom is -0.493 e. The summed E-state index contributed by atoms with van der Waals surface area (Å²) < 4.78 is 11.7. The molecule has 1 spiro atoms. The quantitative estimate of drug-likeness (QED) is 0.771. The molecule has 0 saturated carbocycles. The summed E-state index contributed by atoms with van der Waals surface area (Å²) in [5.41, 5.74) is 8.61. The van der Waals surface area contributed by atoms with E-state index in [1.165, 1.54) is 11.1 Å². The zero-order valence-electron chi connectivity index (χ0n) is 12.2. The Morgan fingerprint density at radius 2 is 2.29 bits per heavy atom. The Balaban J connectivity index is 1.95. The second-order valence-corrected chi connectivity index (χ2v) is 6.44. The molecule has 4 heteroatoms. The molecule has 4 nitrogen and oxygen atoms in total. The predicted molar refractivity (Wildman–Crippen MR) is 79.8 cm³/mol. The summed E-state index contributed by atoms with van der Waals surface area (Å²) in [5.74, 6) is 1.63. The number of hydrogen-bond donors (Lipinski definition) is 2. The van der Waals surface area contributed by atoms with Crippen molar-refractivity contribution in [3.63, 3.8) is 0 Å². The molecule has 1 aliphatic heterocycles. The molecule has 1 aromatic carbocycles. The highest BCUT2D eigenvalue weighted by molar-refractivity contribution is 5.61. The van der Waals surface area contributed by atoms with Crippen molar-refractivity contribution in [3.8, 4) is 11.5 Å². The fraction of sp³-hybridized carbons (Fsp3) is 0.529. The summed E-state index contributed by atoms with van der Waals surface area (Å²) in [4.78, 5) is 0. The van der Waals surface area contributed by atoms with Crippen molar-refractivity contribution in [3.05, 3.63) is 35.4 Å². The summed E-state index contributed by atoms with van der Waals surface area (Å²) in [6.45, 7) is 0. The lowest BCUT2D eigenvalue weighted by molar-refractivity contribution is 0.0838. The van der Waals surface area contributed by atoms with Gasteiger partial charge >= 0.3 is 0 Å². The van der Waals surface area contributed by atoms with Crippen LogP contribution in [0, 0.1) is 0 Å². The third-order valence-electron chi connectivity index (χ3n) is 5.21. The minimum absolute atomic E-state index is 0.0205. The summed E-state index contributed by atoms with van der Waals surface area (Å²) in [5, 5.41) is 9.96. The van der Waals surface area contributed by atoms with Gasteiger partial charge in [0.2, 0.25) is 0 Å². The van der Waals surface area contributed by atoms with Crippen LogP contribution in [0.4, 0.5) is 0 Å². The molecule has 4 rings (SSSR count). The average Bonchev–Trinajstić information content (AvgIpc) is 2.72. The third-order valence-corrected chi connectivity index (χ3v) is 5.21. The van der Waals surface area contributed by atoms with Gasteiger partial charge in [-0.25, -0.2) is 0 Å². The number of methoxy groups -OCH3 is 1. The van der Waals surface area contributed by atoms with Gasteiger partial charge < -0.3 is 20.3 Å². The molecule has 4 atom stereocenters. The van der Waals surface area contributed by atoms with Gasteiger partial charge in [0, 0.05) is 18.0 Å². The Kier molecular flexibility index (Phi) is 2.81. The number of aliphatic hydroxyl groups excluding tert-OH is 1. The molecule has 2 aliphatic carbocycles. The van der Waals surface area contributed by atoms with Gasteiger partial charge in [-0.2, -0.15) is 0 Å². The second kappa shape index (κ2) is 4.49. The maximum atomic E-state index is 9.96. The van der Waals surface area contributed by atoms with E-state index in [1.807, 2.05) is 12.1 Å². The lowest BCUT2D eigenvalue weighted by atomic mass is 9.69. The first-order chi connectivity index (χ1) is 10.1. The van der Waals surface area contributed by atoms with Crippen LogP contribution in [0.15, 0.2) is 24.3 Å². The van der Waals surface area contributed by atoms with Crippen molar-refractivity contribution in [2.75, 3.05) is 7.11 Å². The average molecular weight is 287 g/mol. The molecule has 21 heavy (non-hydrogen) atoms. The normalized spacial score (nSPS) is 36.4. The largest absolute Gasteiger partial charge is 0.493 e. The van der Waals surface area contributed by atoms with Crippen LogP contribution in [-0.2, 0) is 11.8 Å². The van der Waals surface area contributed by atoms with Gasteiger partial charge in [0.1, 0.15) is 6.10 Å². The van der Waals surface area contributed by atoms with E-state index in [0.717, 1.165) is 30.8 Å². The smallest absolute Gasteiger partial charge is 0.166 e. The van der Waals surface area contributed by atoms with Gasteiger partial charge in [0.15, 0.2) is 11.5 Å².